The van der Waals surface area contributed by atoms with Crippen LogP contribution in [-0.2, 0) is 43.5 Å². The van der Waals surface area contributed by atoms with E-state index in [0.29, 0.717) is 25.7 Å². The summed E-state index contributed by atoms with van der Waals surface area (Å²) in [6, 6.07) is 9.77. The summed E-state index contributed by atoms with van der Waals surface area (Å²) in [7, 11) is 1.36. The Labute approximate surface area is 214 Å². The van der Waals surface area contributed by atoms with Gasteiger partial charge in [0.05, 0.1) is 13.0 Å². The number of carbonyl (C=O) groups is 4. The molecule has 0 N–H and O–H groups in total. The van der Waals surface area contributed by atoms with E-state index < -0.39 is 69.7 Å². The fourth-order valence-corrected chi connectivity index (χ4v) is 10.2. The van der Waals surface area contributed by atoms with Crippen molar-refractivity contribution in [2.24, 2.45) is 34.5 Å². The Morgan fingerprint density at radius 2 is 1.86 bits per heavy atom. The molecule has 6 bridgehead atoms. The number of fused-ring (bicyclic) bond motifs is 5. The molecule has 1 aromatic carbocycles. The standard InChI is InChI=1S/C29H30O8/c1-14-12-27-13-28(14,37-15(2)30)11-10-17(27)29(16-8-6-5-7-9-16)18-20-22(36-24(18)32)26(3,25(33)35-20)21(29)19(27)23(31)34-4/h5-9,17-22H,1,10-13H2,2-4H3/t17-,18+,19-,20-,21-,22+,26-,27+,28+,29+/m1/s1. The van der Waals surface area contributed by atoms with E-state index in [1.54, 1.807) is 6.92 Å². The molecule has 8 heteroatoms. The Bertz CT molecular complexity index is 1290. The summed E-state index contributed by atoms with van der Waals surface area (Å²) in [5.41, 5.74) is -2.02. The summed E-state index contributed by atoms with van der Waals surface area (Å²) in [4.78, 5) is 53.5. The van der Waals surface area contributed by atoms with Gasteiger partial charge in [-0.3, -0.25) is 19.2 Å². The van der Waals surface area contributed by atoms with Gasteiger partial charge >= 0.3 is 23.9 Å². The van der Waals surface area contributed by atoms with Crippen LogP contribution in [0.25, 0.3) is 0 Å². The van der Waals surface area contributed by atoms with Crippen LogP contribution >= 0.6 is 0 Å². The van der Waals surface area contributed by atoms with E-state index in [-0.39, 0.29) is 11.9 Å². The van der Waals surface area contributed by atoms with Gasteiger partial charge < -0.3 is 18.9 Å². The first-order valence-electron chi connectivity index (χ1n) is 13.0. The summed E-state index contributed by atoms with van der Waals surface area (Å²) in [5.74, 6) is -3.91. The molecule has 0 amide bonds. The van der Waals surface area contributed by atoms with Crippen LogP contribution in [0, 0.1) is 34.5 Å². The van der Waals surface area contributed by atoms with Gasteiger partial charge in [0, 0.05) is 18.3 Å². The molecule has 2 saturated heterocycles. The number of carbonyl (C=O) groups excluding carboxylic acids is 4. The molecule has 10 atom stereocenters. The van der Waals surface area contributed by atoms with Crippen LogP contribution in [-0.4, -0.2) is 48.8 Å². The third kappa shape index (κ3) is 2.29. The fraction of sp³-hybridized carbons (Fsp3) is 0.586. The minimum Gasteiger partial charge on any atom is -0.469 e. The zero-order valence-electron chi connectivity index (χ0n) is 21.2. The van der Waals surface area contributed by atoms with Gasteiger partial charge in [0.25, 0.3) is 0 Å². The average molecular weight is 507 g/mol. The first kappa shape index (κ1) is 23.0. The molecule has 6 fully saturated rings. The summed E-state index contributed by atoms with van der Waals surface area (Å²) in [6.45, 7) is 7.53. The van der Waals surface area contributed by atoms with Gasteiger partial charge in [-0.2, -0.15) is 0 Å². The van der Waals surface area contributed by atoms with E-state index in [1.807, 2.05) is 30.3 Å². The predicted molar refractivity (Wildman–Crippen MR) is 127 cm³/mol. The first-order chi connectivity index (χ1) is 17.6. The minimum absolute atomic E-state index is 0.188. The van der Waals surface area contributed by atoms with E-state index in [4.69, 9.17) is 18.9 Å². The summed E-state index contributed by atoms with van der Waals surface area (Å²) in [5, 5.41) is 0. The topological polar surface area (TPSA) is 105 Å². The molecule has 2 heterocycles. The molecule has 0 unspecified atom stereocenters. The number of esters is 4. The van der Waals surface area contributed by atoms with Crippen LogP contribution in [0.1, 0.15) is 45.1 Å². The molecule has 8 nitrogen and oxygen atoms in total. The Kier molecular flexibility index (Phi) is 4.24. The summed E-state index contributed by atoms with van der Waals surface area (Å²) >= 11 is 0. The van der Waals surface area contributed by atoms with Gasteiger partial charge in [-0.15, -0.1) is 0 Å². The summed E-state index contributed by atoms with van der Waals surface area (Å²) in [6.07, 6.45) is 0.532. The van der Waals surface area contributed by atoms with Crippen molar-refractivity contribution in [2.75, 3.05) is 7.11 Å². The lowest BCUT2D eigenvalue weighted by atomic mass is 9.46. The van der Waals surface area contributed by atoms with Crippen LogP contribution in [0.4, 0.5) is 0 Å². The van der Waals surface area contributed by atoms with Crippen LogP contribution in [0.2, 0.25) is 0 Å². The summed E-state index contributed by atoms with van der Waals surface area (Å²) < 4.78 is 23.2. The van der Waals surface area contributed by atoms with Gasteiger partial charge in [0.2, 0.25) is 0 Å². The van der Waals surface area contributed by atoms with Crippen molar-refractivity contribution in [1.82, 2.24) is 0 Å². The maximum Gasteiger partial charge on any atom is 0.316 e. The number of methoxy groups -OCH3 is 1. The van der Waals surface area contributed by atoms with Crippen molar-refractivity contribution < 1.29 is 38.1 Å². The molecule has 4 aliphatic carbocycles. The molecule has 0 radical (unpaired) electrons. The predicted octanol–water partition coefficient (Wildman–Crippen LogP) is 2.88. The maximum atomic E-state index is 13.9. The highest BCUT2D eigenvalue weighted by Gasteiger charge is 2.89. The molecule has 37 heavy (non-hydrogen) atoms. The van der Waals surface area contributed by atoms with Crippen LogP contribution < -0.4 is 0 Å². The van der Waals surface area contributed by atoms with Crippen molar-refractivity contribution in [3.8, 4) is 0 Å². The Morgan fingerprint density at radius 1 is 1.14 bits per heavy atom. The number of ether oxygens (including phenoxy) is 4. The molecule has 6 aliphatic rings. The van der Waals surface area contributed by atoms with Gasteiger partial charge in [-0.25, -0.2) is 0 Å². The number of benzene rings is 1. The molecule has 1 spiro atoms. The maximum absolute atomic E-state index is 13.9. The lowest BCUT2D eigenvalue weighted by Crippen LogP contribution is -2.61. The molecular weight excluding hydrogens is 476 g/mol. The van der Waals surface area contributed by atoms with Crippen LogP contribution in [0.5, 0.6) is 0 Å². The fourth-order valence-electron chi connectivity index (χ4n) is 10.2. The van der Waals surface area contributed by atoms with Crippen LogP contribution in [0.15, 0.2) is 42.5 Å². The van der Waals surface area contributed by atoms with Crippen molar-refractivity contribution >= 4 is 23.9 Å². The number of hydrogen-bond acceptors (Lipinski definition) is 8. The van der Waals surface area contributed by atoms with Gasteiger partial charge in [0.15, 0.2) is 12.2 Å². The zero-order valence-corrected chi connectivity index (χ0v) is 21.2. The van der Waals surface area contributed by atoms with Gasteiger partial charge in [0.1, 0.15) is 16.9 Å². The van der Waals surface area contributed by atoms with Gasteiger partial charge in [-0.05, 0) is 55.1 Å². The highest BCUT2D eigenvalue weighted by Crippen LogP contribution is 2.82. The van der Waals surface area contributed by atoms with Crippen molar-refractivity contribution in [1.29, 1.82) is 0 Å². The molecule has 194 valence electrons. The van der Waals surface area contributed by atoms with Crippen molar-refractivity contribution in [3.05, 3.63) is 48.0 Å². The average Bonchev–Trinajstić information content (AvgIpc) is 3.44. The lowest BCUT2D eigenvalue weighted by molar-refractivity contribution is -0.165. The first-order valence-corrected chi connectivity index (χ1v) is 13.0. The van der Waals surface area contributed by atoms with E-state index >= 15 is 0 Å². The quantitative estimate of drug-likeness (QED) is 0.350. The Morgan fingerprint density at radius 3 is 2.54 bits per heavy atom. The third-order valence-corrected chi connectivity index (χ3v) is 11.0. The molecule has 4 saturated carbocycles. The molecule has 1 aromatic rings. The highest BCUT2D eigenvalue weighted by atomic mass is 16.6. The van der Waals surface area contributed by atoms with E-state index in [2.05, 4.69) is 6.58 Å². The van der Waals surface area contributed by atoms with E-state index in [9.17, 15) is 19.2 Å². The smallest absolute Gasteiger partial charge is 0.316 e. The second-order valence-corrected chi connectivity index (χ2v) is 12.1. The minimum atomic E-state index is -1.23. The number of hydrogen-bond donors (Lipinski definition) is 0. The Hall–Kier alpha value is -3.16. The second-order valence-electron chi connectivity index (χ2n) is 12.1. The van der Waals surface area contributed by atoms with Crippen molar-refractivity contribution in [3.63, 3.8) is 0 Å². The molecule has 0 aromatic heterocycles. The Balaban J connectivity index is 1.56. The van der Waals surface area contributed by atoms with Crippen LogP contribution in [0.3, 0.4) is 0 Å². The lowest BCUT2D eigenvalue weighted by Gasteiger charge is -2.52. The van der Waals surface area contributed by atoms with Gasteiger partial charge in [-0.1, -0.05) is 36.9 Å². The van der Waals surface area contributed by atoms with E-state index in [1.165, 1.54) is 14.0 Å². The highest BCUT2D eigenvalue weighted by molar-refractivity contribution is 5.91. The third-order valence-electron chi connectivity index (χ3n) is 11.0. The monoisotopic (exact) mass is 506 g/mol. The largest absolute Gasteiger partial charge is 0.469 e. The second kappa shape index (κ2) is 6.83. The number of rotatable bonds is 3. The van der Waals surface area contributed by atoms with E-state index in [0.717, 1.165) is 11.1 Å². The molecular formula is C29H30O8. The van der Waals surface area contributed by atoms with Crippen molar-refractivity contribution in [2.45, 2.75) is 62.8 Å². The normalized spacial score (nSPS) is 48.1. The molecule has 2 aliphatic heterocycles. The zero-order chi connectivity index (χ0) is 26.1. The SMILES string of the molecule is C=C1C[C@]23C[C@@]1(OC(C)=O)CC[C@H]2[C@@]1(c2ccccc2)[C@@H]2C(=O)O[C@H]4[C@@H]2OC(=O)[C@]4(C)[C@H]1[C@@H]3C(=O)OC. The molecule has 7 rings (SSSR count).